The molecule has 8 heteroatoms. The van der Waals surface area contributed by atoms with Gasteiger partial charge >= 0.3 is 5.97 Å². The van der Waals surface area contributed by atoms with E-state index in [0.29, 0.717) is 17.2 Å². The van der Waals surface area contributed by atoms with Gasteiger partial charge in [0, 0.05) is 13.7 Å². The van der Waals surface area contributed by atoms with Crippen LogP contribution in [-0.2, 0) is 14.8 Å². The van der Waals surface area contributed by atoms with Crippen molar-refractivity contribution < 1.29 is 17.9 Å². The van der Waals surface area contributed by atoms with Crippen LogP contribution in [0.1, 0.15) is 16.6 Å². The van der Waals surface area contributed by atoms with Crippen LogP contribution in [0.2, 0.25) is 0 Å². The highest BCUT2D eigenvalue weighted by molar-refractivity contribution is 14.1. The number of hydrogen-bond donors (Lipinski definition) is 1. The second-order valence-corrected chi connectivity index (χ2v) is 7.96. The Bertz CT molecular complexity index is 767. The molecule has 1 N–H and O–H groups in total. The summed E-state index contributed by atoms with van der Waals surface area (Å²) < 4.78 is 31.7. The van der Waals surface area contributed by atoms with Crippen molar-refractivity contribution in [3.05, 3.63) is 26.6 Å². The molecular formula is C12H12INO4S2. The molecule has 0 aliphatic carbocycles. The number of carbonyl (C=O) groups excluding carboxylic acids is 1. The van der Waals surface area contributed by atoms with Gasteiger partial charge in [0.25, 0.3) is 0 Å². The maximum atomic E-state index is 11.7. The van der Waals surface area contributed by atoms with Gasteiger partial charge in [-0.05, 0) is 47.7 Å². The molecular weight excluding hydrogens is 413 g/mol. The minimum Gasteiger partial charge on any atom is -0.462 e. The van der Waals surface area contributed by atoms with Crippen LogP contribution in [0.25, 0.3) is 10.1 Å². The van der Waals surface area contributed by atoms with E-state index in [1.54, 1.807) is 25.1 Å². The summed E-state index contributed by atoms with van der Waals surface area (Å²) in [6, 6.07) is 5.21. The molecule has 0 atom stereocenters. The highest BCUT2D eigenvalue weighted by Crippen LogP contribution is 2.34. The van der Waals surface area contributed by atoms with E-state index < -0.39 is 10.0 Å². The Morgan fingerprint density at radius 2 is 2.15 bits per heavy atom. The number of carbonyl (C=O) groups is 1. The van der Waals surface area contributed by atoms with Gasteiger partial charge in [-0.3, -0.25) is 4.72 Å². The second-order valence-electron chi connectivity index (χ2n) is 4.04. The summed E-state index contributed by atoms with van der Waals surface area (Å²) in [5.74, 6) is -0.359. The molecule has 0 amide bonds. The van der Waals surface area contributed by atoms with Crippen molar-refractivity contribution >= 4 is 65.7 Å². The van der Waals surface area contributed by atoms with Crippen LogP contribution in [-0.4, -0.2) is 27.2 Å². The van der Waals surface area contributed by atoms with E-state index in [9.17, 15) is 13.2 Å². The van der Waals surface area contributed by atoms with Gasteiger partial charge in [0.1, 0.15) is 4.88 Å². The molecule has 108 valence electrons. The van der Waals surface area contributed by atoms with E-state index in [2.05, 4.69) is 27.3 Å². The summed E-state index contributed by atoms with van der Waals surface area (Å²) in [7, 11) is -3.33. The molecule has 1 aromatic carbocycles. The van der Waals surface area contributed by atoms with Crippen molar-refractivity contribution in [2.45, 2.75) is 6.92 Å². The lowest BCUT2D eigenvalue weighted by molar-refractivity contribution is 0.0532. The lowest BCUT2D eigenvalue weighted by Gasteiger charge is -2.06. The van der Waals surface area contributed by atoms with E-state index in [-0.39, 0.29) is 5.97 Å². The molecule has 0 fully saturated rings. The van der Waals surface area contributed by atoms with Crippen LogP contribution in [0.4, 0.5) is 5.69 Å². The summed E-state index contributed by atoms with van der Waals surface area (Å²) in [6.07, 6.45) is 1.10. The molecule has 0 aliphatic heterocycles. The first-order chi connectivity index (χ1) is 9.31. The van der Waals surface area contributed by atoms with Gasteiger partial charge in [0.2, 0.25) is 10.0 Å². The predicted octanol–water partition coefficient (Wildman–Crippen LogP) is 3.05. The molecule has 20 heavy (non-hydrogen) atoms. The number of hydrogen-bond acceptors (Lipinski definition) is 5. The molecule has 1 aromatic heterocycles. The molecule has 0 saturated heterocycles. The quantitative estimate of drug-likeness (QED) is 0.604. The highest BCUT2D eigenvalue weighted by Gasteiger charge is 2.15. The van der Waals surface area contributed by atoms with Crippen LogP contribution in [0, 0.1) is 3.57 Å². The summed E-state index contributed by atoms with van der Waals surface area (Å²) in [6.45, 7) is 2.08. The van der Waals surface area contributed by atoms with Gasteiger partial charge in [-0.25, -0.2) is 13.2 Å². The van der Waals surface area contributed by atoms with Crippen molar-refractivity contribution in [1.29, 1.82) is 0 Å². The van der Waals surface area contributed by atoms with Crippen molar-refractivity contribution in [1.82, 2.24) is 0 Å². The topological polar surface area (TPSA) is 72.5 Å². The summed E-state index contributed by atoms with van der Waals surface area (Å²) in [5.41, 5.74) is 0.508. The third-order valence-electron chi connectivity index (χ3n) is 2.41. The summed E-state index contributed by atoms with van der Waals surface area (Å²) in [4.78, 5) is 12.2. The molecule has 2 rings (SSSR count). The predicted molar refractivity (Wildman–Crippen MR) is 89.0 cm³/mol. The van der Waals surface area contributed by atoms with E-state index in [0.717, 1.165) is 19.9 Å². The lowest BCUT2D eigenvalue weighted by Crippen LogP contribution is -2.10. The average Bonchev–Trinajstić information content (AvgIpc) is 2.76. The van der Waals surface area contributed by atoms with E-state index in [1.165, 1.54) is 11.3 Å². The molecule has 2 aromatic rings. The Hall–Kier alpha value is -0.870. The number of anilines is 1. The smallest absolute Gasteiger partial charge is 0.348 e. The number of benzene rings is 1. The first-order valence-electron chi connectivity index (χ1n) is 5.69. The Morgan fingerprint density at radius 3 is 2.75 bits per heavy atom. The third kappa shape index (κ3) is 3.41. The molecule has 1 heterocycles. The standard InChI is InChI=1S/C12H12INO4S2/c1-3-18-12(15)10-6-7-9(19-10)5-4-8(11(7)13)14-20(2,16)17/h4-6,14H,3H2,1-2H3. The normalized spacial score (nSPS) is 11.6. The summed E-state index contributed by atoms with van der Waals surface area (Å²) in [5, 5.41) is 0.840. The van der Waals surface area contributed by atoms with E-state index in [4.69, 9.17) is 4.74 Å². The Morgan fingerprint density at radius 1 is 1.45 bits per heavy atom. The Labute approximate surface area is 134 Å². The average molecular weight is 425 g/mol. The van der Waals surface area contributed by atoms with Crippen LogP contribution in [0.3, 0.4) is 0 Å². The van der Waals surface area contributed by atoms with E-state index >= 15 is 0 Å². The molecule has 0 aliphatic rings. The fraction of sp³-hybridized carbons (Fsp3) is 0.250. The van der Waals surface area contributed by atoms with Crippen molar-refractivity contribution in [2.75, 3.05) is 17.6 Å². The molecule has 0 saturated carbocycles. The van der Waals surface area contributed by atoms with Crippen LogP contribution in [0.5, 0.6) is 0 Å². The number of nitrogens with one attached hydrogen (secondary N) is 1. The van der Waals surface area contributed by atoms with E-state index in [1.807, 2.05) is 0 Å². The zero-order chi connectivity index (χ0) is 14.9. The third-order valence-corrected chi connectivity index (χ3v) is 5.24. The van der Waals surface area contributed by atoms with Gasteiger partial charge in [-0.1, -0.05) is 0 Å². The molecule has 0 bridgehead atoms. The Kier molecular flexibility index (Phi) is 4.55. The highest BCUT2D eigenvalue weighted by atomic mass is 127. The fourth-order valence-corrected chi connectivity index (χ4v) is 4.32. The molecule has 0 unspecified atom stereocenters. The first kappa shape index (κ1) is 15.5. The van der Waals surface area contributed by atoms with Crippen molar-refractivity contribution in [3.63, 3.8) is 0 Å². The maximum Gasteiger partial charge on any atom is 0.348 e. The fourth-order valence-electron chi connectivity index (χ4n) is 1.66. The monoisotopic (exact) mass is 425 g/mol. The SMILES string of the molecule is CCOC(=O)c1cc2c(I)c(NS(C)(=O)=O)ccc2s1. The van der Waals surface area contributed by atoms with Gasteiger partial charge in [-0.15, -0.1) is 11.3 Å². The zero-order valence-corrected chi connectivity index (χ0v) is 14.6. The lowest BCUT2D eigenvalue weighted by atomic mass is 10.2. The number of esters is 1. The molecule has 0 spiro atoms. The van der Waals surface area contributed by atoms with Gasteiger partial charge in [0.05, 0.1) is 18.6 Å². The number of rotatable bonds is 4. The zero-order valence-electron chi connectivity index (χ0n) is 10.8. The van der Waals surface area contributed by atoms with Gasteiger partial charge in [0.15, 0.2) is 0 Å². The van der Waals surface area contributed by atoms with Crippen LogP contribution >= 0.6 is 33.9 Å². The largest absolute Gasteiger partial charge is 0.462 e. The number of sulfonamides is 1. The van der Waals surface area contributed by atoms with Crippen LogP contribution < -0.4 is 4.72 Å². The number of fused-ring (bicyclic) bond motifs is 1. The maximum absolute atomic E-state index is 11.7. The minimum atomic E-state index is -3.33. The second kappa shape index (κ2) is 5.86. The molecule has 5 nitrogen and oxygen atoms in total. The van der Waals surface area contributed by atoms with Crippen molar-refractivity contribution in [3.8, 4) is 0 Å². The molecule has 0 radical (unpaired) electrons. The number of thiophene rings is 1. The Balaban J connectivity index is 2.48. The minimum absolute atomic E-state index is 0.324. The number of halogens is 1. The van der Waals surface area contributed by atoms with Gasteiger partial charge < -0.3 is 4.74 Å². The van der Waals surface area contributed by atoms with Gasteiger partial charge in [-0.2, -0.15) is 0 Å². The first-order valence-corrected chi connectivity index (χ1v) is 9.47. The number of ether oxygens (including phenoxy) is 1. The summed E-state index contributed by atoms with van der Waals surface area (Å²) >= 11 is 3.39. The van der Waals surface area contributed by atoms with Crippen LogP contribution in [0.15, 0.2) is 18.2 Å². The van der Waals surface area contributed by atoms with Crippen molar-refractivity contribution in [2.24, 2.45) is 0 Å².